The maximum Gasteiger partial charge on any atom is 0.261 e. The van der Waals surface area contributed by atoms with Gasteiger partial charge in [-0.05, 0) is 36.4 Å². The fraction of sp³-hybridized carbons (Fsp3) is 0.133. The average molecular weight is 338 g/mol. The molecule has 3 rings (SSSR count). The Morgan fingerprint density at radius 1 is 1.27 bits per heavy atom. The number of hydrogen-bond donors (Lipinski definition) is 2. The predicted octanol–water partition coefficient (Wildman–Crippen LogP) is 3.72. The summed E-state index contributed by atoms with van der Waals surface area (Å²) >= 11 is 6.96. The summed E-state index contributed by atoms with van der Waals surface area (Å²) in [6.07, 6.45) is 0.600. The first kappa shape index (κ1) is 14.9. The van der Waals surface area contributed by atoms with Crippen LogP contribution in [0.2, 0.25) is 4.34 Å². The summed E-state index contributed by atoms with van der Waals surface area (Å²) in [6, 6.07) is 10.2. The zero-order chi connectivity index (χ0) is 15.5. The van der Waals surface area contributed by atoms with Crippen LogP contribution in [0.25, 0.3) is 11.5 Å². The van der Waals surface area contributed by atoms with E-state index >= 15 is 0 Å². The number of carbonyl (C=O) groups excluding carboxylic acids is 1. The SMILES string of the molecule is O=C(NCC(O)c1ccc(-c2ccco2)o1)c1ccc(Cl)s1. The van der Waals surface area contributed by atoms with E-state index in [2.05, 4.69) is 5.32 Å². The smallest absolute Gasteiger partial charge is 0.261 e. The van der Waals surface area contributed by atoms with Crippen LogP contribution in [0.3, 0.4) is 0 Å². The van der Waals surface area contributed by atoms with E-state index in [0.29, 0.717) is 26.5 Å². The fourth-order valence-electron chi connectivity index (χ4n) is 1.90. The molecule has 1 unspecified atom stereocenters. The normalized spacial score (nSPS) is 12.3. The largest absolute Gasteiger partial charge is 0.461 e. The van der Waals surface area contributed by atoms with Gasteiger partial charge in [0, 0.05) is 0 Å². The molecule has 1 atom stereocenters. The molecule has 3 aromatic rings. The van der Waals surface area contributed by atoms with E-state index in [1.807, 2.05) is 0 Å². The van der Waals surface area contributed by atoms with Gasteiger partial charge >= 0.3 is 0 Å². The van der Waals surface area contributed by atoms with Crippen LogP contribution >= 0.6 is 22.9 Å². The van der Waals surface area contributed by atoms with Crippen molar-refractivity contribution in [1.29, 1.82) is 0 Å². The van der Waals surface area contributed by atoms with E-state index in [0.717, 1.165) is 0 Å². The lowest BCUT2D eigenvalue weighted by molar-refractivity contribution is 0.0905. The fourth-order valence-corrected chi connectivity index (χ4v) is 2.86. The van der Waals surface area contributed by atoms with Crippen molar-refractivity contribution in [3.05, 3.63) is 57.6 Å². The monoisotopic (exact) mass is 337 g/mol. The third-order valence-electron chi connectivity index (χ3n) is 2.97. The Labute approximate surface area is 135 Å². The summed E-state index contributed by atoms with van der Waals surface area (Å²) in [6.45, 7) is 0.0411. The number of nitrogens with one attached hydrogen (secondary N) is 1. The molecule has 0 aliphatic heterocycles. The molecule has 0 saturated heterocycles. The Balaban J connectivity index is 1.60. The molecule has 0 aromatic carbocycles. The Hall–Kier alpha value is -2.02. The lowest BCUT2D eigenvalue weighted by Crippen LogP contribution is -2.27. The van der Waals surface area contributed by atoms with Gasteiger partial charge in [-0.1, -0.05) is 11.6 Å². The molecule has 0 bridgehead atoms. The van der Waals surface area contributed by atoms with Crippen molar-refractivity contribution < 1.29 is 18.7 Å². The number of thiophene rings is 1. The molecule has 0 spiro atoms. The van der Waals surface area contributed by atoms with Crippen LogP contribution in [0.15, 0.2) is 51.5 Å². The van der Waals surface area contributed by atoms with Crippen molar-refractivity contribution in [3.8, 4) is 11.5 Å². The van der Waals surface area contributed by atoms with Gasteiger partial charge in [0.05, 0.1) is 22.0 Å². The lowest BCUT2D eigenvalue weighted by atomic mass is 10.2. The van der Waals surface area contributed by atoms with E-state index < -0.39 is 6.10 Å². The number of aliphatic hydroxyl groups is 1. The van der Waals surface area contributed by atoms with Crippen LogP contribution in [0.1, 0.15) is 21.5 Å². The van der Waals surface area contributed by atoms with E-state index in [4.69, 9.17) is 20.4 Å². The number of halogens is 1. The third-order valence-corrected chi connectivity index (χ3v) is 4.20. The maximum atomic E-state index is 11.9. The molecule has 0 saturated carbocycles. The summed E-state index contributed by atoms with van der Waals surface area (Å²) < 4.78 is 11.3. The molecule has 3 aromatic heterocycles. The number of rotatable bonds is 5. The van der Waals surface area contributed by atoms with Gasteiger partial charge < -0.3 is 19.3 Å². The van der Waals surface area contributed by atoms with Crippen LogP contribution in [-0.4, -0.2) is 17.6 Å². The first-order valence-electron chi connectivity index (χ1n) is 6.48. The van der Waals surface area contributed by atoms with Crippen molar-refractivity contribution in [2.75, 3.05) is 6.54 Å². The average Bonchev–Trinajstić information content (AvgIpc) is 3.23. The molecule has 0 radical (unpaired) electrons. The van der Waals surface area contributed by atoms with Crippen molar-refractivity contribution in [1.82, 2.24) is 5.32 Å². The van der Waals surface area contributed by atoms with Crippen molar-refractivity contribution in [3.63, 3.8) is 0 Å². The summed E-state index contributed by atoms with van der Waals surface area (Å²) in [5.41, 5.74) is 0. The highest BCUT2D eigenvalue weighted by molar-refractivity contribution is 7.17. The Bertz CT molecular complexity index is 762. The zero-order valence-corrected chi connectivity index (χ0v) is 12.9. The topological polar surface area (TPSA) is 75.6 Å². The Kier molecular flexibility index (Phi) is 4.33. The highest BCUT2D eigenvalue weighted by atomic mass is 35.5. The number of furan rings is 2. The maximum absolute atomic E-state index is 11.9. The zero-order valence-electron chi connectivity index (χ0n) is 11.3. The second-order valence-corrected chi connectivity index (χ2v) is 6.22. The lowest BCUT2D eigenvalue weighted by Gasteiger charge is -2.08. The molecule has 114 valence electrons. The van der Waals surface area contributed by atoms with Gasteiger partial charge in [0.25, 0.3) is 5.91 Å². The van der Waals surface area contributed by atoms with Gasteiger partial charge in [-0.3, -0.25) is 4.79 Å². The van der Waals surface area contributed by atoms with Gasteiger partial charge in [-0.15, -0.1) is 11.3 Å². The van der Waals surface area contributed by atoms with Crippen LogP contribution in [0.5, 0.6) is 0 Å². The highest BCUT2D eigenvalue weighted by Crippen LogP contribution is 2.26. The molecule has 2 N–H and O–H groups in total. The number of carbonyl (C=O) groups is 1. The minimum Gasteiger partial charge on any atom is -0.461 e. The van der Waals surface area contributed by atoms with Gasteiger partial charge in [0.15, 0.2) is 11.5 Å². The van der Waals surface area contributed by atoms with Crippen LogP contribution in [0, 0.1) is 0 Å². The summed E-state index contributed by atoms with van der Waals surface area (Å²) in [5, 5.41) is 12.7. The van der Waals surface area contributed by atoms with Gasteiger partial charge in [-0.25, -0.2) is 0 Å². The molecule has 5 nitrogen and oxygen atoms in total. The molecule has 22 heavy (non-hydrogen) atoms. The molecule has 0 aliphatic carbocycles. The molecule has 1 amide bonds. The van der Waals surface area contributed by atoms with Gasteiger partial charge in [0.2, 0.25) is 0 Å². The first-order valence-corrected chi connectivity index (χ1v) is 7.68. The second-order valence-electron chi connectivity index (χ2n) is 4.51. The van der Waals surface area contributed by atoms with E-state index in [1.54, 1.807) is 42.7 Å². The Morgan fingerprint density at radius 3 is 2.82 bits per heavy atom. The molecule has 0 fully saturated rings. The van der Waals surface area contributed by atoms with E-state index in [1.165, 1.54) is 11.3 Å². The minimum absolute atomic E-state index is 0.0411. The van der Waals surface area contributed by atoms with E-state index in [9.17, 15) is 9.90 Å². The van der Waals surface area contributed by atoms with Gasteiger partial charge in [-0.2, -0.15) is 0 Å². The number of hydrogen-bond acceptors (Lipinski definition) is 5. The van der Waals surface area contributed by atoms with Crippen molar-refractivity contribution in [2.45, 2.75) is 6.10 Å². The van der Waals surface area contributed by atoms with Gasteiger partial charge in [0.1, 0.15) is 11.9 Å². The second kappa shape index (κ2) is 6.39. The highest BCUT2D eigenvalue weighted by Gasteiger charge is 2.16. The molecular weight excluding hydrogens is 326 g/mol. The van der Waals surface area contributed by atoms with Crippen LogP contribution in [0.4, 0.5) is 0 Å². The summed E-state index contributed by atoms with van der Waals surface area (Å²) in [4.78, 5) is 12.4. The van der Waals surface area contributed by atoms with Crippen molar-refractivity contribution in [2.24, 2.45) is 0 Å². The quantitative estimate of drug-likeness (QED) is 0.744. The molecule has 7 heteroatoms. The molecule has 0 aliphatic rings. The number of aliphatic hydroxyl groups excluding tert-OH is 1. The molecule has 3 heterocycles. The van der Waals surface area contributed by atoms with Crippen LogP contribution in [-0.2, 0) is 0 Å². The van der Waals surface area contributed by atoms with Crippen molar-refractivity contribution >= 4 is 28.8 Å². The summed E-state index contributed by atoms with van der Waals surface area (Å²) in [7, 11) is 0. The molecular formula is C15H12ClNO4S. The van der Waals surface area contributed by atoms with Crippen LogP contribution < -0.4 is 5.32 Å². The standard InChI is InChI=1S/C15H12ClNO4S/c16-14-6-5-13(22-14)15(19)17-8-9(18)10-3-4-12(21-10)11-2-1-7-20-11/h1-7,9,18H,8H2,(H,17,19). The predicted molar refractivity (Wildman–Crippen MR) is 83.0 cm³/mol. The third kappa shape index (κ3) is 3.24. The van der Waals surface area contributed by atoms with E-state index in [-0.39, 0.29) is 12.5 Å². The first-order chi connectivity index (χ1) is 10.6. The number of amides is 1. The minimum atomic E-state index is -0.942. The Morgan fingerprint density at radius 2 is 2.14 bits per heavy atom. The summed E-state index contributed by atoms with van der Waals surface area (Å²) in [5.74, 6) is 1.18.